The largest absolute Gasteiger partial charge is 0.296 e. The van der Waals surface area contributed by atoms with Crippen molar-refractivity contribution in [2.24, 2.45) is 0 Å². The van der Waals surface area contributed by atoms with Gasteiger partial charge in [0.05, 0.1) is 12.8 Å². The van der Waals surface area contributed by atoms with Gasteiger partial charge < -0.3 is 0 Å². The van der Waals surface area contributed by atoms with Crippen LogP contribution in [0.5, 0.6) is 0 Å². The molecule has 2 heterocycles. The Morgan fingerprint density at radius 2 is 1.86 bits per heavy atom. The van der Waals surface area contributed by atoms with Crippen LogP contribution in [0.4, 0.5) is 4.39 Å². The van der Waals surface area contributed by atoms with Crippen molar-refractivity contribution in [1.29, 1.82) is 0 Å². The van der Waals surface area contributed by atoms with Crippen molar-refractivity contribution in [2.75, 3.05) is 31.6 Å². The molecule has 2 aromatic rings. The van der Waals surface area contributed by atoms with E-state index in [9.17, 15) is 12.8 Å². The first-order valence-corrected chi connectivity index (χ1v) is 12.3. The highest BCUT2D eigenvalue weighted by atomic mass is 32.2. The Kier molecular flexibility index (Phi) is 7.44. The summed E-state index contributed by atoms with van der Waals surface area (Å²) in [5.41, 5.74) is 0.829. The second-order valence-corrected chi connectivity index (χ2v) is 9.81. The molecule has 10 heteroatoms. The molecule has 0 bridgehead atoms. The highest BCUT2D eigenvalue weighted by Gasteiger charge is 2.18. The van der Waals surface area contributed by atoms with Crippen LogP contribution < -0.4 is 4.72 Å². The summed E-state index contributed by atoms with van der Waals surface area (Å²) in [6.07, 6.45) is 5.48. The molecular weight excluding hydrogens is 401 g/mol. The van der Waals surface area contributed by atoms with Gasteiger partial charge in [-0.05, 0) is 56.6 Å². The van der Waals surface area contributed by atoms with Gasteiger partial charge in [0.2, 0.25) is 10.0 Å². The average Bonchev–Trinajstić information content (AvgIpc) is 3.04. The topological polar surface area (TPSA) is 80.1 Å². The SMILES string of the molecule is CS(=O)(=O)NCCCSc1nnc(CN2CCCCC2)n1-c1ccc(F)cc1. The fourth-order valence-electron chi connectivity index (χ4n) is 3.16. The van der Waals surface area contributed by atoms with Crippen molar-refractivity contribution in [3.05, 3.63) is 35.9 Å². The van der Waals surface area contributed by atoms with Crippen molar-refractivity contribution in [1.82, 2.24) is 24.4 Å². The number of rotatable bonds is 9. The Hall–Kier alpha value is -1.49. The zero-order valence-corrected chi connectivity index (χ0v) is 17.6. The summed E-state index contributed by atoms with van der Waals surface area (Å²) in [4.78, 5) is 2.37. The Labute approximate surface area is 169 Å². The number of nitrogens with zero attached hydrogens (tertiary/aromatic N) is 4. The molecule has 1 aliphatic rings. The van der Waals surface area contributed by atoms with Gasteiger partial charge in [-0.15, -0.1) is 10.2 Å². The normalized spacial score (nSPS) is 15.8. The molecule has 28 heavy (non-hydrogen) atoms. The molecule has 1 aromatic carbocycles. The Morgan fingerprint density at radius 1 is 1.14 bits per heavy atom. The van der Waals surface area contributed by atoms with E-state index in [0.717, 1.165) is 36.0 Å². The summed E-state index contributed by atoms with van der Waals surface area (Å²) in [6, 6.07) is 6.33. The lowest BCUT2D eigenvalue weighted by molar-refractivity contribution is 0.214. The highest BCUT2D eigenvalue weighted by molar-refractivity contribution is 7.99. The fraction of sp³-hybridized carbons (Fsp3) is 0.556. The number of likely N-dealkylation sites (tertiary alicyclic amines) is 1. The van der Waals surface area contributed by atoms with Gasteiger partial charge in [0.25, 0.3) is 0 Å². The van der Waals surface area contributed by atoms with Gasteiger partial charge in [-0.3, -0.25) is 9.47 Å². The number of nitrogens with one attached hydrogen (secondary N) is 1. The fourth-order valence-corrected chi connectivity index (χ4v) is 4.58. The third kappa shape index (κ3) is 6.26. The van der Waals surface area contributed by atoms with Gasteiger partial charge in [-0.2, -0.15) is 0 Å². The van der Waals surface area contributed by atoms with E-state index < -0.39 is 10.0 Å². The van der Waals surface area contributed by atoms with Gasteiger partial charge in [0, 0.05) is 18.0 Å². The van der Waals surface area contributed by atoms with E-state index in [1.807, 2.05) is 4.57 Å². The minimum Gasteiger partial charge on any atom is -0.296 e. The van der Waals surface area contributed by atoms with Crippen LogP contribution in [0.3, 0.4) is 0 Å². The van der Waals surface area contributed by atoms with E-state index in [2.05, 4.69) is 19.8 Å². The van der Waals surface area contributed by atoms with Crippen LogP contribution in [0.2, 0.25) is 0 Å². The van der Waals surface area contributed by atoms with Crippen molar-refractivity contribution in [3.63, 3.8) is 0 Å². The van der Waals surface area contributed by atoms with Gasteiger partial charge in [0.15, 0.2) is 11.0 Å². The number of benzene rings is 1. The molecule has 0 saturated carbocycles. The third-order valence-corrected chi connectivity index (χ3v) is 6.26. The molecule has 1 saturated heterocycles. The Morgan fingerprint density at radius 3 is 2.54 bits per heavy atom. The van der Waals surface area contributed by atoms with Crippen LogP contribution >= 0.6 is 11.8 Å². The molecule has 1 fully saturated rings. The van der Waals surface area contributed by atoms with Crippen molar-refractivity contribution >= 4 is 21.8 Å². The molecule has 0 radical (unpaired) electrons. The van der Waals surface area contributed by atoms with E-state index in [1.54, 1.807) is 12.1 Å². The second kappa shape index (κ2) is 9.82. The van der Waals surface area contributed by atoms with E-state index in [1.165, 1.54) is 43.2 Å². The van der Waals surface area contributed by atoms with E-state index in [-0.39, 0.29) is 5.82 Å². The minimum absolute atomic E-state index is 0.282. The van der Waals surface area contributed by atoms with Crippen molar-refractivity contribution in [2.45, 2.75) is 37.4 Å². The lowest BCUT2D eigenvalue weighted by Crippen LogP contribution is -2.30. The number of hydrogen-bond acceptors (Lipinski definition) is 6. The van der Waals surface area contributed by atoms with Gasteiger partial charge in [0.1, 0.15) is 5.82 Å². The summed E-state index contributed by atoms with van der Waals surface area (Å²) in [5, 5.41) is 9.47. The van der Waals surface area contributed by atoms with Crippen LogP contribution in [-0.2, 0) is 16.6 Å². The monoisotopic (exact) mass is 427 g/mol. The quantitative estimate of drug-likeness (QED) is 0.489. The molecular formula is C18H26FN5O2S2. The first kappa shape index (κ1) is 21.2. The number of thioether (sulfide) groups is 1. The molecule has 0 unspecified atom stereocenters. The molecule has 0 atom stereocenters. The van der Waals surface area contributed by atoms with E-state index in [4.69, 9.17) is 0 Å². The summed E-state index contributed by atoms with van der Waals surface area (Å²) in [5.74, 6) is 1.26. The van der Waals surface area contributed by atoms with Crippen molar-refractivity contribution in [3.8, 4) is 5.69 Å². The van der Waals surface area contributed by atoms with E-state index >= 15 is 0 Å². The minimum atomic E-state index is -3.17. The first-order valence-electron chi connectivity index (χ1n) is 9.42. The highest BCUT2D eigenvalue weighted by Crippen LogP contribution is 2.24. The number of halogens is 1. The Balaban J connectivity index is 1.72. The van der Waals surface area contributed by atoms with Gasteiger partial charge in [-0.1, -0.05) is 18.2 Å². The standard InChI is InChI=1S/C18H26FN5O2S2/c1-28(25,26)20-10-5-13-27-18-22-21-17(14-23-11-3-2-4-12-23)24(18)16-8-6-15(19)7-9-16/h6-9,20H,2-5,10-14H2,1H3. The molecule has 1 N–H and O–H groups in total. The smallest absolute Gasteiger partial charge is 0.208 e. The average molecular weight is 428 g/mol. The number of piperidine rings is 1. The maximum absolute atomic E-state index is 13.4. The predicted molar refractivity (Wildman–Crippen MR) is 109 cm³/mol. The lowest BCUT2D eigenvalue weighted by Gasteiger charge is -2.26. The molecule has 3 rings (SSSR count). The zero-order valence-electron chi connectivity index (χ0n) is 16.0. The zero-order chi connectivity index (χ0) is 20.0. The van der Waals surface area contributed by atoms with Crippen LogP contribution in [0, 0.1) is 5.82 Å². The molecule has 1 aliphatic heterocycles. The summed E-state index contributed by atoms with van der Waals surface area (Å²) >= 11 is 1.52. The maximum atomic E-state index is 13.4. The Bertz CT molecular complexity index is 865. The molecule has 154 valence electrons. The summed E-state index contributed by atoms with van der Waals surface area (Å²) in [7, 11) is -3.17. The number of sulfonamides is 1. The molecule has 7 nitrogen and oxygen atoms in total. The molecule has 0 spiro atoms. The third-order valence-electron chi connectivity index (χ3n) is 4.52. The summed E-state index contributed by atoms with van der Waals surface area (Å²) in [6.45, 7) is 3.20. The number of aromatic nitrogens is 3. The molecule has 0 aliphatic carbocycles. The lowest BCUT2D eigenvalue weighted by atomic mass is 10.1. The molecule has 1 aromatic heterocycles. The number of hydrogen-bond donors (Lipinski definition) is 1. The van der Waals surface area contributed by atoms with Gasteiger partial charge >= 0.3 is 0 Å². The van der Waals surface area contributed by atoms with Crippen LogP contribution in [-0.4, -0.2) is 59.7 Å². The van der Waals surface area contributed by atoms with Gasteiger partial charge in [-0.25, -0.2) is 17.5 Å². The molecule has 0 amide bonds. The second-order valence-electron chi connectivity index (χ2n) is 6.92. The van der Waals surface area contributed by atoms with Crippen LogP contribution in [0.25, 0.3) is 5.69 Å². The predicted octanol–water partition coefficient (Wildman–Crippen LogP) is 2.42. The van der Waals surface area contributed by atoms with Crippen LogP contribution in [0.15, 0.2) is 29.4 Å². The summed E-state index contributed by atoms with van der Waals surface area (Å²) < 4.78 is 40.1. The first-order chi connectivity index (χ1) is 13.4. The van der Waals surface area contributed by atoms with Crippen molar-refractivity contribution < 1.29 is 12.8 Å². The van der Waals surface area contributed by atoms with Crippen LogP contribution in [0.1, 0.15) is 31.5 Å². The van der Waals surface area contributed by atoms with E-state index in [0.29, 0.717) is 25.3 Å². The maximum Gasteiger partial charge on any atom is 0.208 e.